The summed E-state index contributed by atoms with van der Waals surface area (Å²) in [5.74, 6) is 0.713. The zero-order valence-electron chi connectivity index (χ0n) is 12.9. The molecule has 20 heavy (non-hydrogen) atoms. The van der Waals surface area contributed by atoms with Crippen LogP contribution in [-0.2, 0) is 4.74 Å². The van der Waals surface area contributed by atoms with Crippen LogP contribution in [0.5, 0.6) is 0 Å². The molecule has 0 saturated carbocycles. The molecule has 4 heteroatoms. The maximum absolute atomic E-state index is 9.85. The highest BCUT2D eigenvalue weighted by molar-refractivity contribution is 5.12. The van der Waals surface area contributed by atoms with E-state index in [1.54, 1.807) is 6.20 Å². The van der Waals surface area contributed by atoms with Crippen molar-refractivity contribution in [2.75, 3.05) is 19.8 Å². The van der Waals surface area contributed by atoms with Gasteiger partial charge in [-0.2, -0.15) is 0 Å². The van der Waals surface area contributed by atoms with Gasteiger partial charge in [0.2, 0.25) is 0 Å². The molecular formula is C16H28N2O2. The molecule has 0 aromatic carbocycles. The highest BCUT2D eigenvalue weighted by Crippen LogP contribution is 2.09. The van der Waals surface area contributed by atoms with Gasteiger partial charge in [0.15, 0.2) is 0 Å². The number of rotatable bonds is 10. The third-order valence-electron chi connectivity index (χ3n) is 3.22. The summed E-state index contributed by atoms with van der Waals surface area (Å²) in [5.41, 5.74) is 1.12. The molecule has 1 rings (SSSR count). The summed E-state index contributed by atoms with van der Waals surface area (Å²) >= 11 is 0. The summed E-state index contributed by atoms with van der Waals surface area (Å²) < 4.78 is 5.48. The van der Waals surface area contributed by atoms with Crippen molar-refractivity contribution in [2.24, 2.45) is 5.92 Å². The van der Waals surface area contributed by atoms with Gasteiger partial charge in [-0.15, -0.1) is 0 Å². The lowest BCUT2D eigenvalue weighted by Gasteiger charge is -2.17. The first-order valence-corrected chi connectivity index (χ1v) is 7.48. The maximum Gasteiger partial charge on any atom is 0.0897 e. The van der Waals surface area contributed by atoms with Crippen molar-refractivity contribution in [2.45, 2.75) is 45.8 Å². The number of pyridine rings is 1. The molecule has 1 unspecified atom stereocenters. The van der Waals surface area contributed by atoms with Gasteiger partial charge in [-0.3, -0.25) is 4.98 Å². The molecule has 1 heterocycles. The van der Waals surface area contributed by atoms with E-state index in [1.807, 2.05) is 18.3 Å². The van der Waals surface area contributed by atoms with Crippen molar-refractivity contribution < 1.29 is 9.84 Å². The van der Waals surface area contributed by atoms with Crippen LogP contribution in [0, 0.1) is 5.92 Å². The molecule has 2 atom stereocenters. The average Bonchev–Trinajstić information content (AvgIpc) is 2.45. The first-order valence-electron chi connectivity index (χ1n) is 7.48. The van der Waals surface area contributed by atoms with Gasteiger partial charge >= 0.3 is 0 Å². The number of aliphatic hydroxyl groups excluding tert-OH is 1. The Morgan fingerprint density at radius 3 is 2.80 bits per heavy atom. The largest absolute Gasteiger partial charge is 0.389 e. The molecule has 0 aliphatic rings. The first-order chi connectivity index (χ1) is 9.59. The lowest BCUT2D eigenvalue weighted by Crippen LogP contribution is -2.32. The minimum Gasteiger partial charge on any atom is -0.389 e. The molecule has 0 aliphatic heterocycles. The van der Waals surface area contributed by atoms with Crippen LogP contribution in [-0.4, -0.2) is 36.0 Å². The summed E-state index contributed by atoms with van der Waals surface area (Å²) in [6.07, 6.45) is 5.37. The van der Waals surface area contributed by atoms with Gasteiger partial charge in [0, 0.05) is 31.6 Å². The average molecular weight is 280 g/mol. The van der Waals surface area contributed by atoms with Crippen LogP contribution in [0.25, 0.3) is 0 Å². The Morgan fingerprint density at radius 1 is 1.35 bits per heavy atom. The van der Waals surface area contributed by atoms with Crippen molar-refractivity contribution in [1.29, 1.82) is 0 Å². The molecule has 2 N–H and O–H groups in total. The van der Waals surface area contributed by atoms with E-state index in [4.69, 9.17) is 4.74 Å². The number of aliphatic hydroxyl groups is 1. The van der Waals surface area contributed by atoms with Crippen LogP contribution in [0.2, 0.25) is 0 Å². The Morgan fingerprint density at radius 2 is 2.15 bits per heavy atom. The molecule has 114 valence electrons. The smallest absolute Gasteiger partial charge is 0.0897 e. The Kier molecular flexibility index (Phi) is 8.42. The molecule has 0 fully saturated rings. The Bertz CT molecular complexity index is 344. The second-order valence-corrected chi connectivity index (χ2v) is 5.68. The molecule has 1 aromatic rings. The minimum absolute atomic E-state index is 0.180. The Labute approximate surface area is 122 Å². The Hall–Kier alpha value is -0.970. The van der Waals surface area contributed by atoms with Crippen LogP contribution < -0.4 is 5.32 Å². The van der Waals surface area contributed by atoms with Crippen molar-refractivity contribution in [3.05, 3.63) is 30.1 Å². The fourth-order valence-corrected chi connectivity index (χ4v) is 1.93. The second-order valence-electron chi connectivity index (χ2n) is 5.68. The Balaban J connectivity index is 2.09. The third-order valence-corrected chi connectivity index (χ3v) is 3.22. The van der Waals surface area contributed by atoms with Gasteiger partial charge in [-0.05, 0) is 37.3 Å². The van der Waals surface area contributed by atoms with Crippen molar-refractivity contribution in [3.63, 3.8) is 0 Å². The topological polar surface area (TPSA) is 54.4 Å². The standard InChI is InChI=1S/C16H28N2O2/c1-13(2)6-5-9-20-12-16(19)11-18-14(3)15-7-4-8-17-10-15/h4,7-8,10,13-14,16,18-19H,5-6,9,11-12H2,1-3H3/t14-,16?/m1/s1. The van der Waals surface area contributed by atoms with E-state index < -0.39 is 6.10 Å². The highest BCUT2D eigenvalue weighted by atomic mass is 16.5. The van der Waals surface area contributed by atoms with Gasteiger partial charge in [0.05, 0.1) is 12.7 Å². The molecule has 1 aromatic heterocycles. The lowest BCUT2D eigenvalue weighted by atomic mass is 10.1. The summed E-state index contributed by atoms with van der Waals surface area (Å²) in [4.78, 5) is 4.09. The predicted octanol–water partition coefficient (Wildman–Crippen LogP) is 2.55. The van der Waals surface area contributed by atoms with Crippen LogP contribution in [0.1, 0.15) is 45.2 Å². The molecule has 0 saturated heterocycles. The molecule has 0 amide bonds. The fourth-order valence-electron chi connectivity index (χ4n) is 1.93. The van der Waals surface area contributed by atoms with Crippen LogP contribution in [0.3, 0.4) is 0 Å². The number of ether oxygens (including phenoxy) is 1. The molecule has 0 aliphatic carbocycles. The zero-order chi connectivity index (χ0) is 14.8. The normalized spacial score (nSPS) is 14.4. The SMILES string of the molecule is CC(C)CCCOCC(O)CN[C@H](C)c1cccnc1. The summed E-state index contributed by atoms with van der Waals surface area (Å²) in [6.45, 7) is 8.13. The van der Waals surface area contributed by atoms with Crippen LogP contribution in [0.15, 0.2) is 24.5 Å². The molecular weight excluding hydrogens is 252 g/mol. The van der Waals surface area contributed by atoms with Gasteiger partial charge < -0.3 is 15.2 Å². The van der Waals surface area contributed by atoms with Gasteiger partial charge in [-0.1, -0.05) is 19.9 Å². The highest BCUT2D eigenvalue weighted by Gasteiger charge is 2.08. The molecule has 0 radical (unpaired) electrons. The number of nitrogens with zero attached hydrogens (tertiary/aromatic N) is 1. The second kappa shape index (κ2) is 9.86. The lowest BCUT2D eigenvalue weighted by molar-refractivity contribution is 0.0337. The number of aromatic nitrogens is 1. The van der Waals surface area contributed by atoms with Gasteiger partial charge in [-0.25, -0.2) is 0 Å². The maximum atomic E-state index is 9.85. The minimum atomic E-state index is -0.465. The summed E-state index contributed by atoms with van der Waals surface area (Å²) in [5, 5.41) is 13.1. The number of hydrogen-bond acceptors (Lipinski definition) is 4. The zero-order valence-corrected chi connectivity index (χ0v) is 12.9. The summed E-state index contributed by atoms with van der Waals surface area (Å²) in [6, 6.07) is 4.13. The van der Waals surface area contributed by atoms with E-state index in [2.05, 4.69) is 31.1 Å². The summed E-state index contributed by atoms with van der Waals surface area (Å²) in [7, 11) is 0. The van der Waals surface area contributed by atoms with Crippen molar-refractivity contribution in [1.82, 2.24) is 10.3 Å². The van der Waals surface area contributed by atoms with E-state index in [1.165, 1.54) is 6.42 Å². The number of nitrogens with one attached hydrogen (secondary N) is 1. The predicted molar refractivity (Wildman–Crippen MR) is 81.6 cm³/mol. The fraction of sp³-hybridized carbons (Fsp3) is 0.688. The van der Waals surface area contributed by atoms with E-state index in [9.17, 15) is 5.11 Å². The van der Waals surface area contributed by atoms with Gasteiger partial charge in [0.25, 0.3) is 0 Å². The first kappa shape index (κ1) is 17.1. The quantitative estimate of drug-likeness (QED) is 0.647. The van der Waals surface area contributed by atoms with E-state index in [0.29, 0.717) is 19.1 Å². The van der Waals surface area contributed by atoms with E-state index in [0.717, 1.165) is 18.6 Å². The van der Waals surface area contributed by atoms with E-state index in [-0.39, 0.29) is 6.04 Å². The molecule has 4 nitrogen and oxygen atoms in total. The van der Waals surface area contributed by atoms with Gasteiger partial charge in [0.1, 0.15) is 0 Å². The van der Waals surface area contributed by atoms with E-state index >= 15 is 0 Å². The monoisotopic (exact) mass is 280 g/mol. The third kappa shape index (κ3) is 7.58. The van der Waals surface area contributed by atoms with Crippen LogP contribution >= 0.6 is 0 Å². The number of hydrogen-bond donors (Lipinski definition) is 2. The van der Waals surface area contributed by atoms with Crippen molar-refractivity contribution >= 4 is 0 Å². The molecule has 0 spiro atoms. The molecule has 0 bridgehead atoms. The van der Waals surface area contributed by atoms with Crippen molar-refractivity contribution in [3.8, 4) is 0 Å². The van der Waals surface area contributed by atoms with Crippen LogP contribution in [0.4, 0.5) is 0 Å².